The van der Waals surface area contributed by atoms with Crippen LogP contribution >= 0.6 is 0 Å². The molecular weight excluding hydrogens is 388 g/mol. The Morgan fingerprint density at radius 1 is 0.871 bits per heavy atom. The van der Waals surface area contributed by atoms with Gasteiger partial charge in [0.25, 0.3) is 11.7 Å². The summed E-state index contributed by atoms with van der Waals surface area (Å²) in [7, 11) is 3.87. The summed E-state index contributed by atoms with van der Waals surface area (Å²) in [6.45, 7) is 1.95. The van der Waals surface area contributed by atoms with Gasteiger partial charge in [-0.2, -0.15) is 0 Å². The fraction of sp³-hybridized carbons (Fsp3) is 0.154. The van der Waals surface area contributed by atoms with E-state index >= 15 is 0 Å². The fourth-order valence-electron chi connectivity index (χ4n) is 3.83. The van der Waals surface area contributed by atoms with Crippen LogP contribution in [-0.4, -0.2) is 30.9 Å². The zero-order valence-electron chi connectivity index (χ0n) is 17.7. The number of carbonyl (C=O) groups is 2. The van der Waals surface area contributed by atoms with E-state index in [4.69, 9.17) is 0 Å². The van der Waals surface area contributed by atoms with Crippen LogP contribution in [-0.2, 0) is 9.59 Å². The number of hydrogen-bond acceptors (Lipinski definition) is 4. The first-order valence-corrected chi connectivity index (χ1v) is 10.1. The highest BCUT2D eigenvalue weighted by molar-refractivity contribution is 6.51. The molecule has 0 saturated carbocycles. The summed E-state index contributed by atoms with van der Waals surface area (Å²) in [5, 5.41) is 11.1. The van der Waals surface area contributed by atoms with Crippen LogP contribution in [0.15, 0.2) is 84.4 Å². The second kappa shape index (κ2) is 8.11. The number of aliphatic hydroxyl groups excluding tert-OH is 1. The summed E-state index contributed by atoms with van der Waals surface area (Å²) >= 11 is 0. The summed E-state index contributed by atoms with van der Waals surface area (Å²) in [4.78, 5) is 29.7. The molecular formula is C26H24N2O3. The molecule has 4 rings (SSSR count). The first kappa shape index (κ1) is 20.4. The van der Waals surface area contributed by atoms with Crippen LogP contribution in [0.25, 0.3) is 5.76 Å². The fourth-order valence-corrected chi connectivity index (χ4v) is 3.83. The Kier molecular flexibility index (Phi) is 5.34. The molecule has 0 aromatic heterocycles. The molecule has 3 aromatic carbocycles. The van der Waals surface area contributed by atoms with Crippen molar-refractivity contribution in [1.29, 1.82) is 0 Å². The standard InChI is InChI=1S/C26H24N2O3/c1-17-9-11-19(12-10-17)24(29)22-23(18-7-5-4-6-8-18)28(26(31)25(22)30)21-15-13-20(14-16-21)27(2)3/h4-16,23,29H,1-3H3/b24-22-. The van der Waals surface area contributed by atoms with E-state index in [1.54, 1.807) is 12.1 Å². The smallest absolute Gasteiger partial charge is 0.300 e. The van der Waals surface area contributed by atoms with E-state index in [0.717, 1.165) is 16.8 Å². The van der Waals surface area contributed by atoms with E-state index in [1.165, 1.54) is 4.90 Å². The van der Waals surface area contributed by atoms with Gasteiger partial charge < -0.3 is 10.0 Å². The molecule has 0 spiro atoms. The molecule has 1 aliphatic heterocycles. The highest BCUT2D eigenvalue weighted by Crippen LogP contribution is 2.42. The second-order valence-corrected chi connectivity index (χ2v) is 7.86. The van der Waals surface area contributed by atoms with Crippen molar-refractivity contribution >= 4 is 28.8 Å². The molecule has 1 aliphatic rings. The Morgan fingerprint density at radius 2 is 1.48 bits per heavy atom. The molecule has 1 fully saturated rings. The van der Waals surface area contributed by atoms with E-state index in [2.05, 4.69) is 0 Å². The summed E-state index contributed by atoms with van der Waals surface area (Å²) in [6, 6.07) is 23.3. The lowest BCUT2D eigenvalue weighted by atomic mass is 9.95. The topological polar surface area (TPSA) is 60.9 Å². The maximum Gasteiger partial charge on any atom is 0.300 e. The summed E-state index contributed by atoms with van der Waals surface area (Å²) in [6.07, 6.45) is 0. The minimum atomic E-state index is -0.715. The number of aliphatic hydroxyl groups is 1. The average molecular weight is 412 g/mol. The number of rotatable bonds is 4. The van der Waals surface area contributed by atoms with Gasteiger partial charge in [-0.25, -0.2) is 0 Å². The third-order valence-electron chi connectivity index (χ3n) is 5.53. The molecule has 3 aromatic rings. The largest absolute Gasteiger partial charge is 0.507 e. The number of nitrogens with zero attached hydrogens (tertiary/aromatic N) is 2. The minimum Gasteiger partial charge on any atom is -0.507 e. The summed E-state index contributed by atoms with van der Waals surface area (Å²) in [5.41, 5.74) is 3.98. The van der Waals surface area contributed by atoms with Crippen LogP contribution in [0.4, 0.5) is 11.4 Å². The van der Waals surface area contributed by atoms with Gasteiger partial charge in [0.1, 0.15) is 5.76 Å². The third-order valence-corrected chi connectivity index (χ3v) is 5.53. The minimum absolute atomic E-state index is 0.0942. The highest BCUT2D eigenvalue weighted by atomic mass is 16.3. The Morgan fingerprint density at radius 3 is 2.06 bits per heavy atom. The molecule has 31 heavy (non-hydrogen) atoms. The number of Topliss-reactive ketones (excluding diaryl/α,β-unsaturated/α-hetero) is 1. The molecule has 1 heterocycles. The van der Waals surface area contributed by atoms with E-state index in [1.807, 2.05) is 92.6 Å². The molecule has 0 bridgehead atoms. The number of hydrogen-bond donors (Lipinski definition) is 1. The van der Waals surface area contributed by atoms with E-state index in [9.17, 15) is 14.7 Å². The summed E-state index contributed by atoms with van der Waals surface area (Å²) < 4.78 is 0. The zero-order chi connectivity index (χ0) is 22.1. The zero-order valence-corrected chi connectivity index (χ0v) is 17.7. The van der Waals surface area contributed by atoms with Crippen molar-refractivity contribution in [2.75, 3.05) is 23.9 Å². The van der Waals surface area contributed by atoms with Crippen LogP contribution in [0, 0.1) is 6.92 Å². The van der Waals surface area contributed by atoms with Crippen molar-refractivity contribution in [3.63, 3.8) is 0 Å². The van der Waals surface area contributed by atoms with Crippen molar-refractivity contribution < 1.29 is 14.7 Å². The SMILES string of the molecule is Cc1ccc(/C(O)=C2/C(=O)C(=O)N(c3ccc(N(C)C)cc3)C2c2ccccc2)cc1. The molecule has 1 N–H and O–H groups in total. The highest BCUT2D eigenvalue weighted by Gasteiger charge is 2.46. The second-order valence-electron chi connectivity index (χ2n) is 7.86. The monoisotopic (exact) mass is 412 g/mol. The van der Waals surface area contributed by atoms with Gasteiger partial charge in [-0.3, -0.25) is 14.5 Å². The molecule has 0 aliphatic carbocycles. The Hall–Kier alpha value is -3.86. The van der Waals surface area contributed by atoms with Crippen LogP contribution < -0.4 is 9.80 Å². The lowest BCUT2D eigenvalue weighted by Crippen LogP contribution is -2.29. The van der Waals surface area contributed by atoms with Crippen molar-refractivity contribution in [2.45, 2.75) is 13.0 Å². The summed E-state index contributed by atoms with van der Waals surface area (Å²) in [5.74, 6) is -1.51. The number of anilines is 2. The molecule has 1 atom stereocenters. The average Bonchev–Trinajstić information content (AvgIpc) is 3.05. The Labute approximate surface area is 181 Å². The van der Waals surface area contributed by atoms with Crippen molar-refractivity contribution in [3.8, 4) is 0 Å². The number of ketones is 1. The van der Waals surface area contributed by atoms with E-state index in [-0.39, 0.29) is 11.3 Å². The van der Waals surface area contributed by atoms with Gasteiger partial charge in [0.2, 0.25) is 0 Å². The van der Waals surface area contributed by atoms with Crippen molar-refractivity contribution in [3.05, 3.63) is 101 Å². The quantitative estimate of drug-likeness (QED) is 0.384. The molecule has 0 radical (unpaired) electrons. The van der Waals surface area contributed by atoms with Gasteiger partial charge in [0.05, 0.1) is 11.6 Å². The van der Waals surface area contributed by atoms with Crippen LogP contribution in [0.1, 0.15) is 22.7 Å². The van der Waals surface area contributed by atoms with Crippen LogP contribution in [0.3, 0.4) is 0 Å². The predicted octanol–water partition coefficient (Wildman–Crippen LogP) is 4.69. The van der Waals surface area contributed by atoms with E-state index in [0.29, 0.717) is 11.3 Å². The maximum absolute atomic E-state index is 13.1. The molecule has 5 nitrogen and oxygen atoms in total. The number of benzene rings is 3. The van der Waals surface area contributed by atoms with Gasteiger partial charge in [-0.05, 0) is 36.8 Å². The normalized spacial score (nSPS) is 17.8. The van der Waals surface area contributed by atoms with Gasteiger partial charge in [-0.15, -0.1) is 0 Å². The first-order valence-electron chi connectivity index (χ1n) is 10.1. The molecule has 5 heteroatoms. The molecule has 1 unspecified atom stereocenters. The Balaban J connectivity index is 1.89. The molecule has 156 valence electrons. The van der Waals surface area contributed by atoms with Crippen molar-refractivity contribution in [1.82, 2.24) is 0 Å². The molecule has 1 amide bonds. The number of aryl methyl sites for hydroxylation is 1. The molecule has 1 saturated heterocycles. The lowest BCUT2D eigenvalue weighted by molar-refractivity contribution is -0.132. The predicted molar refractivity (Wildman–Crippen MR) is 123 cm³/mol. The van der Waals surface area contributed by atoms with Gasteiger partial charge in [0, 0.05) is 31.0 Å². The van der Waals surface area contributed by atoms with Gasteiger partial charge in [-0.1, -0.05) is 60.2 Å². The number of amides is 1. The van der Waals surface area contributed by atoms with Gasteiger partial charge >= 0.3 is 0 Å². The Bertz CT molecular complexity index is 1150. The van der Waals surface area contributed by atoms with Crippen molar-refractivity contribution in [2.24, 2.45) is 0 Å². The van der Waals surface area contributed by atoms with Crippen LogP contribution in [0.5, 0.6) is 0 Å². The number of carbonyl (C=O) groups excluding carboxylic acids is 2. The third kappa shape index (κ3) is 3.70. The van der Waals surface area contributed by atoms with Gasteiger partial charge in [0.15, 0.2) is 0 Å². The van der Waals surface area contributed by atoms with Crippen LogP contribution in [0.2, 0.25) is 0 Å². The van der Waals surface area contributed by atoms with E-state index < -0.39 is 17.7 Å². The first-order chi connectivity index (χ1) is 14.9. The maximum atomic E-state index is 13.1. The lowest BCUT2D eigenvalue weighted by Gasteiger charge is -2.26.